The lowest BCUT2D eigenvalue weighted by Crippen LogP contribution is -1.93. The summed E-state index contributed by atoms with van der Waals surface area (Å²) in [6.07, 6.45) is 2.65. The van der Waals surface area contributed by atoms with E-state index in [0.717, 1.165) is 16.7 Å². The zero-order valence-corrected chi connectivity index (χ0v) is 14.5. The van der Waals surface area contributed by atoms with Gasteiger partial charge in [0.25, 0.3) is 0 Å². The molecule has 0 spiro atoms. The summed E-state index contributed by atoms with van der Waals surface area (Å²) in [5.74, 6) is 0. The van der Waals surface area contributed by atoms with E-state index in [1.54, 1.807) is 6.26 Å². The Hall–Kier alpha value is -1.32. The maximum atomic E-state index is 5.30. The van der Waals surface area contributed by atoms with Crippen LogP contribution in [0, 0.1) is 0 Å². The third-order valence-electron chi connectivity index (χ3n) is 3.44. The first kappa shape index (κ1) is 14.6. The van der Waals surface area contributed by atoms with Gasteiger partial charge in [-0.3, -0.25) is 0 Å². The molecule has 0 aliphatic heterocycles. The average molecular weight is 406 g/mol. The third kappa shape index (κ3) is 3.47. The maximum absolute atomic E-state index is 5.30. The van der Waals surface area contributed by atoms with Crippen LogP contribution in [0.3, 0.4) is 0 Å². The van der Waals surface area contributed by atoms with Crippen LogP contribution in [0.2, 0.25) is 0 Å². The molecule has 1 atom stereocenters. The molecule has 0 bridgehead atoms. The van der Waals surface area contributed by atoms with Crippen molar-refractivity contribution in [3.63, 3.8) is 0 Å². The molecule has 0 aliphatic carbocycles. The first-order valence-electron chi connectivity index (χ1n) is 6.74. The molecule has 0 fully saturated rings. The molecule has 3 heteroatoms. The van der Waals surface area contributed by atoms with Gasteiger partial charge in [0.05, 0.1) is 11.1 Å². The lowest BCUT2D eigenvalue weighted by atomic mass is 10.0. The molecule has 0 saturated heterocycles. The molecule has 1 heterocycles. The smallest absolute Gasteiger partial charge is 0.173 e. The van der Waals surface area contributed by atoms with Gasteiger partial charge in [-0.1, -0.05) is 70.5 Å². The highest BCUT2D eigenvalue weighted by atomic mass is 79.9. The first-order chi connectivity index (χ1) is 10.2. The molecule has 3 aromatic rings. The molecule has 3 rings (SSSR count). The minimum atomic E-state index is 0.136. The van der Waals surface area contributed by atoms with Crippen LogP contribution in [0.25, 0.3) is 0 Å². The van der Waals surface area contributed by atoms with E-state index in [4.69, 9.17) is 4.42 Å². The van der Waals surface area contributed by atoms with Crippen LogP contribution in [-0.4, -0.2) is 0 Å². The van der Waals surface area contributed by atoms with E-state index in [1.165, 1.54) is 16.7 Å². The summed E-state index contributed by atoms with van der Waals surface area (Å²) in [6.45, 7) is 0. The van der Waals surface area contributed by atoms with Gasteiger partial charge in [0, 0.05) is 5.56 Å². The van der Waals surface area contributed by atoms with Gasteiger partial charge < -0.3 is 4.42 Å². The van der Waals surface area contributed by atoms with Crippen molar-refractivity contribution in [3.05, 3.63) is 93.9 Å². The molecule has 0 aliphatic rings. The molecule has 21 heavy (non-hydrogen) atoms. The lowest BCUT2D eigenvalue weighted by molar-refractivity contribution is 0.537. The summed E-state index contributed by atoms with van der Waals surface area (Å²) in [5.41, 5.74) is 4.97. The molecule has 106 valence electrons. The molecular formula is C18H14Br2O. The largest absolute Gasteiger partial charge is 0.457 e. The van der Waals surface area contributed by atoms with Crippen LogP contribution in [0.1, 0.15) is 27.1 Å². The molecule has 2 aromatic carbocycles. The van der Waals surface area contributed by atoms with Gasteiger partial charge in [-0.2, -0.15) is 0 Å². The Morgan fingerprint density at radius 2 is 1.52 bits per heavy atom. The Morgan fingerprint density at radius 1 is 0.857 bits per heavy atom. The van der Waals surface area contributed by atoms with E-state index in [1.807, 2.05) is 12.1 Å². The number of hydrogen-bond acceptors (Lipinski definition) is 1. The predicted molar refractivity (Wildman–Crippen MR) is 92.9 cm³/mol. The zero-order valence-electron chi connectivity index (χ0n) is 11.3. The summed E-state index contributed by atoms with van der Waals surface area (Å²) in [7, 11) is 0. The number of furan rings is 1. The number of rotatable bonds is 4. The minimum Gasteiger partial charge on any atom is -0.457 e. The Morgan fingerprint density at radius 3 is 2.14 bits per heavy atom. The predicted octanol–water partition coefficient (Wildman–Crippen LogP) is 6.12. The first-order valence-corrected chi connectivity index (χ1v) is 8.44. The molecule has 0 N–H and O–H groups in total. The van der Waals surface area contributed by atoms with Crippen LogP contribution < -0.4 is 0 Å². The molecule has 0 saturated carbocycles. The fraction of sp³-hybridized carbons (Fsp3) is 0.111. The number of halogens is 2. The van der Waals surface area contributed by atoms with Gasteiger partial charge in [0.2, 0.25) is 0 Å². The Balaban J connectivity index is 1.77. The average Bonchev–Trinajstić information content (AvgIpc) is 2.94. The van der Waals surface area contributed by atoms with Gasteiger partial charge in [-0.25, -0.2) is 0 Å². The number of hydrogen-bond donors (Lipinski definition) is 0. The van der Waals surface area contributed by atoms with E-state index in [2.05, 4.69) is 80.4 Å². The van der Waals surface area contributed by atoms with Gasteiger partial charge in [0.1, 0.15) is 0 Å². The fourth-order valence-electron chi connectivity index (χ4n) is 2.30. The SMILES string of the molecule is Brc1occc1C(Br)c1ccc(Cc2ccccc2)cc1. The summed E-state index contributed by atoms with van der Waals surface area (Å²) in [6, 6.07) is 21.2. The van der Waals surface area contributed by atoms with Crippen LogP contribution in [0.15, 0.2) is 76.0 Å². The molecule has 0 radical (unpaired) electrons. The van der Waals surface area contributed by atoms with Crippen molar-refractivity contribution in [2.24, 2.45) is 0 Å². The van der Waals surface area contributed by atoms with Crippen molar-refractivity contribution >= 4 is 31.9 Å². The minimum absolute atomic E-state index is 0.136. The van der Waals surface area contributed by atoms with E-state index in [0.29, 0.717) is 0 Å². The maximum Gasteiger partial charge on any atom is 0.173 e. The van der Waals surface area contributed by atoms with Gasteiger partial charge in [0.15, 0.2) is 4.67 Å². The molecule has 1 unspecified atom stereocenters. The van der Waals surface area contributed by atoms with Crippen LogP contribution in [-0.2, 0) is 6.42 Å². The van der Waals surface area contributed by atoms with Gasteiger partial charge in [-0.15, -0.1) is 0 Å². The van der Waals surface area contributed by atoms with Crippen molar-refractivity contribution in [1.82, 2.24) is 0 Å². The van der Waals surface area contributed by atoms with E-state index < -0.39 is 0 Å². The Bertz CT molecular complexity index is 702. The quantitative estimate of drug-likeness (QED) is 0.476. The van der Waals surface area contributed by atoms with Gasteiger partial charge in [-0.05, 0) is 45.1 Å². The van der Waals surface area contributed by atoms with Gasteiger partial charge >= 0.3 is 0 Å². The van der Waals surface area contributed by atoms with E-state index >= 15 is 0 Å². The standard InChI is InChI=1S/C18H14Br2O/c19-17(16-10-11-21-18(16)20)15-8-6-14(7-9-15)12-13-4-2-1-3-5-13/h1-11,17H,12H2. The van der Waals surface area contributed by atoms with Crippen molar-refractivity contribution in [3.8, 4) is 0 Å². The fourth-order valence-corrected chi connectivity index (χ4v) is 3.74. The molecule has 0 amide bonds. The van der Waals surface area contributed by atoms with Crippen molar-refractivity contribution in [2.45, 2.75) is 11.2 Å². The monoisotopic (exact) mass is 404 g/mol. The molecular weight excluding hydrogens is 392 g/mol. The highest BCUT2D eigenvalue weighted by Gasteiger charge is 2.15. The second kappa shape index (κ2) is 6.63. The number of alkyl halides is 1. The zero-order chi connectivity index (χ0) is 14.7. The molecule has 1 nitrogen and oxygen atoms in total. The number of benzene rings is 2. The summed E-state index contributed by atoms with van der Waals surface area (Å²) >= 11 is 7.15. The Labute approximate surface area is 141 Å². The highest BCUT2D eigenvalue weighted by Crippen LogP contribution is 2.36. The summed E-state index contributed by atoms with van der Waals surface area (Å²) in [4.78, 5) is 0.136. The third-order valence-corrected chi connectivity index (χ3v) is 5.11. The summed E-state index contributed by atoms with van der Waals surface area (Å²) in [5, 5.41) is 0. The van der Waals surface area contributed by atoms with E-state index in [-0.39, 0.29) is 4.83 Å². The normalized spacial score (nSPS) is 12.3. The topological polar surface area (TPSA) is 13.1 Å². The van der Waals surface area contributed by atoms with Crippen LogP contribution >= 0.6 is 31.9 Å². The lowest BCUT2D eigenvalue weighted by Gasteiger charge is -2.10. The Kier molecular flexibility index (Phi) is 4.61. The second-order valence-electron chi connectivity index (χ2n) is 4.92. The van der Waals surface area contributed by atoms with Crippen molar-refractivity contribution in [1.29, 1.82) is 0 Å². The van der Waals surface area contributed by atoms with Crippen molar-refractivity contribution < 1.29 is 4.42 Å². The second-order valence-corrected chi connectivity index (χ2v) is 6.55. The van der Waals surface area contributed by atoms with E-state index in [9.17, 15) is 0 Å². The van der Waals surface area contributed by atoms with Crippen molar-refractivity contribution in [2.75, 3.05) is 0 Å². The highest BCUT2D eigenvalue weighted by molar-refractivity contribution is 9.10. The van der Waals surface area contributed by atoms with Crippen LogP contribution in [0.5, 0.6) is 0 Å². The summed E-state index contributed by atoms with van der Waals surface area (Å²) < 4.78 is 6.07. The molecule has 1 aromatic heterocycles. The van der Waals surface area contributed by atoms with Crippen LogP contribution in [0.4, 0.5) is 0 Å².